The van der Waals surface area contributed by atoms with Gasteiger partial charge in [-0.3, -0.25) is 9.59 Å². The fourth-order valence-corrected chi connectivity index (χ4v) is 1.25. The van der Waals surface area contributed by atoms with E-state index in [1.54, 1.807) is 0 Å². The normalized spacial score (nSPS) is 11.2. The number of carboxylic acid groups (broad SMARTS) is 1. The molecule has 9 heteroatoms. The minimum atomic E-state index is -1.39. The fraction of sp³-hybridized carbons (Fsp3) is 0.636. The molecule has 0 aromatic carbocycles. The summed E-state index contributed by atoms with van der Waals surface area (Å²) >= 11 is 0. The van der Waals surface area contributed by atoms with E-state index in [4.69, 9.17) is 10.8 Å². The number of urea groups is 1. The number of carboxylic acids is 1. The highest BCUT2D eigenvalue weighted by molar-refractivity contribution is 5.87. The van der Waals surface area contributed by atoms with Crippen molar-refractivity contribution in [2.45, 2.75) is 32.2 Å². The van der Waals surface area contributed by atoms with E-state index < -0.39 is 30.4 Å². The summed E-state index contributed by atoms with van der Waals surface area (Å²) in [5.41, 5.74) is 4.87. The van der Waals surface area contributed by atoms with Crippen LogP contribution in [-0.4, -0.2) is 48.1 Å². The molecule has 0 radical (unpaired) electrons. The van der Waals surface area contributed by atoms with Crippen LogP contribution in [0, 0.1) is 0 Å². The monoisotopic (exact) mass is 288 g/mol. The Morgan fingerprint density at radius 2 is 1.80 bits per heavy atom. The van der Waals surface area contributed by atoms with Gasteiger partial charge in [0.2, 0.25) is 11.8 Å². The van der Waals surface area contributed by atoms with Crippen molar-refractivity contribution in [2.24, 2.45) is 5.73 Å². The van der Waals surface area contributed by atoms with Crippen LogP contribution in [0.25, 0.3) is 0 Å². The van der Waals surface area contributed by atoms with Crippen molar-refractivity contribution >= 4 is 23.8 Å². The summed E-state index contributed by atoms with van der Waals surface area (Å²) < 4.78 is 0. The summed E-state index contributed by atoms with van der Waals surface area (Å²) in [4.78, 5) is 44.0. The Bertz CT molecular complexity index is 372. The third-order valence-electron chi connectivity index (χ3n) is 2.22. The zero-order valence-corrected chi connectivity index (χ0v) is 11.3. The van der Waals surface area contributed by atoms with E-state index in [1.165, 1.54) is 0 Å². The molecule has 114 valence electrons. The molecular weight excluding hydrogens is 268 g/mol. The maximum Gasteiger partial charge on any atom is 0.326 e. The molecule has 0 saturated heterocycles. The Hall–Kier alpha value is -2.32. The highest BCUT2D eigenvalue weighted by Gasteiger charge is 2.21. The molecule has 0 aliphatic carbocycles. The summed E-state index contributed by atoms with van der Waals surface area (Å²) in [5, 5.41) is 15.8. The first-order valence-electron chi connectivity index (χ1n) is 6.19. The van der Waals surface area contributed by atoms with Crippen LogP contribution in [0.3, 0.4) is 0 Å². The minimum Gasteiger partial charge on any atom is -0.480 e. The number of nitrogens with one attached hydrogen (secondary N) is 3. The van der Waals surface area contributed by atoms with E-state index >= 15 is 0 Å². The lowest BCUT2D eigenvalue weighted by atomic mass is 10.2. The molecule has 9 nitrogen and oxygen atoms in total. The van der Waals surface area contributed by atoms with Gasteiger partial charge in [-0.1, -0.05) is 6.92 Å². The minimum absolute atomic E-state index is 0.0598. The topological polar surface area (TPSA) is 151 Å². The molecule has 0 heterocycles. The molecule has 20 heavy (non-hydrogen) atoms. The Labute approximate surface area is 116 Å². The SMILES string of the molecule is CCCNC(=O)CCNC(=O)NC(CC(N)=O)C(=O)O. The van der Waals surface area contributed by atoms with Crippen LogP contribution in [0.4, 0.5) is 4.79 Å². The van der Waals surface area contributed by atoms with E-state index in [0.717, 1.165) is 6.42 Å². The first-order chi connectivity index (χ1) is 9.36. The Morgan fingerprint density at radius 1 is 1.15 bits per heavy atom. The first kappa shape index (κ1) is 17.7. The summed E-state index contributed by atoms with van der Waals surface area (Å²) in [6.45, 7) is 2.53. The van der Waals surface area contributed by atoms with E-state index in [0.29, 0.717) is 6.54 Å². The number of aliphatic carboxylic acids is 1. The second-order valence-corrected chi connectivity index (χ2v) is 4.06. The molecule has 6 N–H and O–H groups in total. The van der Waals surface area contributed by atoms with Crippen LogP contribution in [-0.2, 0) is 14.4 Å². The number of hydrogen-bond donors (Lipinski definition) is 5. The smallest absolute Gasteiger partial charge is 0.326 e. The maximum atomic E-state index is 11.4. The lowest BCUT2D eigenvalue weighted by Crippen LogP contribution is -2.48. The summed E-state index contributed by atoms with van der Waals surface area (Å²) in [6.07, 6.45) is 0.397. The van der Waals surface area contributed by atoms with Gasteiger partial charge in [0.05, 0.1) is 6.42 Å². The maximum absolute atomic E-state index is 11.4. The fourth-order valence-electron chi connectivity index (χ4n) is 1.25. The van der Waals surface area contributed by atoms with Gasteiger partial charge in [0.15, 0.2) is 0 Å². The van der Waals surface area contributed by atoms with Crippen LogP contribution >= 0.6 is 0 Å². The van der Waals surface area contributed by atoms with Crippen molar-refractivity contribution in [1.82, 2.24) is 16.0 Å². The predicted octanol–water partition coefficient (Wildman–Crippen LogP) is -1.47. The van der Waals surface area contributed by atoms with Gasteiger partial charge in [0.25, 0.3) is 0 Å². The van der Waals surface area contributed by atoms with Crippen LogP contribution in [0.15, 0.2) is 0 Å². The zero-order chi connectivity index (χ0) is 15.5. The van der Waals surface area contributed by atoms with Gasteiger partial charge in [-0.2, -0.15) is 0 Å². The summed E-state index contributed by atoms with van der Waals surface area (Å²) in [7, 11) is 0. The number of rotatable bonds is 9. The van der Waals surface area contributed by atoms with Gasteiger partial charge in [0.1, 0.15) is 6.04 Å². The lowest BCUT2D eigenvalue weighted by molar-refractivity contribution is -0.140. The molecular formula is C11H20N4O5. The van der Waals surface area contributed by atoms with Crippen molar-refractivity contribution in [1.29, 1.82) is 0 Å². The molecule has 0 aromatic heterocycles. The number of hydrogen-bond acceptors (Lipinski definition) is 4. The summed E-state index contributed by atoms with van der Waals surface area (Å²) in [6, 6.07) is -2.16. The van der Waals surface area contributed by atoms with Crippen LogP contribution in [0.2, 0.25) is 0 Å². The van der Waals surface area contributed by atoms with E-state index in [2.05, 4.69) is 16.0 Å². The van der Waals surface area contributed by atoms with Crippen LogP contribution in [0.1, 0.15) is 26.2 Å². The van der Waals surface area contributed by atoms with Gasteiger partial charge >= 0.3 is 12.0 Å². The van der Waals surface area contributed by atoms with Crippen LogP contribution < -0.4 is 21.7 Å². The molecule has 1 unspecified atom stereocenters. The molecule has 0 spiro atoms. The molecule has 0 aliphatic heterocycles. The van der Waals surface area contributed by atoms with Crippen molar-refractivity contribution in [3.8, 4) is 0 Å². The second-order valence-electron chi connectivity index (χ2n) is 4.06. The molecule has 0 rings (SSSR count). The zero-order valence-electron chi connectivity index (χ0n) is 11.3. The Morgan fingerprint density at radius 3 is 2.30 bits per heavy atom. The standard InChI is InChI=1S/C11H20N4O5/c1-2-4-13-9(17)3-5-14-11(20)15-7(10(18)19)6-8(12)16/h7H,2-6H2,1H3,(H2,12,16)(H,13,17)(H,18,19)(H2,14,15,20). The third kappa shape index (κ3) is 8.72. The largest absolute Gasteiger partial charge is 0.480 e. The Kier molecular flexibility index (Phi) is 8.48. The summed E-state index contributed by atoms with van der Waals surface area (Å²) in [5.74, 6) is -2.41. The molecule has 0 bridgehead atoms. The van der Waals surface area contributed by atoms with Gasteiger partial charge in [-0.15, -0.1) is 0 Å². The molecule has 0 aromatic rings. The highest BCUT2D eigenvalue weighted by atomic mass is 16.4. The van der Waals surface area contributed by atoms with Crippen molar-refractivity contribution < 1.29 is 24.3 Å². The van der Waals surface area contributed by atoms with Crippen LogP contribution in [0.5, 0.6) is 0 Å². The van der Waals surface area contributed by atoms with Gasteiger partial charge in [0, 0.05) is 19.5 Å². The third-order valence-corrected chi connectivity index (χ3v) is 2.22. The number of carbonyl (C=O) groups is 4. The number of amides is 4. The molecule has 0 fully saturated rings. The van der Waals surface area contributed by atoms with E-state index in [-0.39, 0.29) is 18.9 Å². The molecule has 4 amide bonds. The lowest BCUT2D eigenvalue weighted by Gasteiger charge is -2.13. The predicted molar refractivity (Wildman–Crippen MR) is 69.7 cm³/mol. The first-order valence-corrected chi connectivity index (χ1v) is 6.19. The molecule has 0 aliphatic rings. The second kappa shape index (κ2) is 9.59. The van der Waals surface area contributed by atoms with E-state index in [1.807, 2.05) is 6.92 Å². The van der Waals surface area contributed by atoms with E-state index in [9.17, 15) is 19.2 Å². The number of carbonyl (C=O) groups excluding carboxylic acids is 3. The van der Waals surface area contributed by atoms with Gasteiger partial charge in [-0.05, 0) is 6.42 Å². The van der Waals surface area contributed by atoms with Crippen molar-refractivity contribution in [2.75, 3.05) is 13.1 Å². The van der Waals surface area contributed by atoms with Crippen molar-refractivity contribution in [3.05, 3.63) is 0 Å². The molecule has 1 atom stereocenters. The van der Waals surface area contributed by atoms with Crippen molar-refractivity contribution in [3.63, 3.8) is 0 Å². The quantitative estimate of drug-likeness (QED) is 0.351. The average Bonchev–Trinajstić information content (AvgIpc) is 2.34. The number of primary amides is 1. The number of nitrogens with two attached hydrogens (primary N) is 1. The van der Waals surface area contributed by atoms with Gasteiger partial charge in [-0.25, -0.2) is 9.59 Å². The van der Waals surface area contributed by atoms with Gasteiger partial charge < -0.3 is 26.8 Å². The average molecular weight is 288 g/mol. The Balaban J connectivity index is 3.99. The highest BCUT2D eigenvalue weighted by Crippen LogP contribution is 1.91. The molecule has 0 saturated carbocycles.